The van der Waals surface area contributed by atoms with Crippen LogP contribution < -0.4 is 18.9 Å². The molecule has 9 heteroatoms. The third-order valence-electron chi connectivity index (χ3n) is 5.98. The Balaban J connectivity index is 1.93. The van der Waals surface area contributed by atoms with Gasteiger partial charge in [-0.05, 0) is 53.6 Å². The molecule has 1 atom stereocenters. The molecule has 3 aromatic rings. The van der Waals surface area contributed by atoms with Crippen LogP contribution >= 0.6 is 0 Å². The van der Waals surface area contributed by atoms with Crippen LogP contribution in [0.15, 0.2) is 66.5 Å². The van der Waals surface area contributed by atoms with Crippen molar-refractivity contribution in [2.45, 2.75) is 12.6 Å². The number of aliphatic hydroxyl groups is 1. The third-order valence-corrected chi connectivity index (χ3v) is 5.98. The molecule has 0 aliphatic carbocycles. The molecule has 0 spiro atoms. The number of ketones is 1. The number of benzene rings is 2. The van der Waals surface area contributed by atoms with Gasteiger partial charge < -0.3 is 29.0 Å². The zero-order valence-corrected chi connectivity index (χ0v) is 20.3. The first kappa shape index (κ1) is 24.6. The topological polar surface area (TPSA) is 107 Å². The summed E-state index contributed by atoms with van der Waals surface area (Å²) in [5.74, 6) is -0.193. The van der Waals surface area contributed by atoms with E-state index in [0.29, 0.717) is 34.1 Å². The zero-order valence-electron chi connectivity index (χ0n) is 20.3. The van der Waals surface area contributed by atoms with E-state index >= 15 is 0 Å². The number of amides is 1. The largest absolute Gasteiger partial charge is 0.507 e. The summed E-state index contributed by atoms with van der Waals surface area (Å²) in [5, 5.41) is 11.3. The molecule has 1 aromatic heterocycles. The van der Waals surface area contributed by atoms with E-state index in [2.05, 4.69) is 4.98 Å². The highest BCUT2D eigenvalue weighted by Gasteiger charge is 2.46. The minimum absolute atomic E-state index is 0.0525. The minimum Gasteiger partial charge on any atom is -0.507 e. The second kappa shape index (κ2) is 10.4. The molecule has 1 N–H and O–H groups in total. The maximum absolute atomic E-state index is 13.3. The van der Waals surface area contributed by atoms with E-state index in [0.717, 1.165) is 5.56 Å². The van der Waals surface area contributed by atoms with Crippen LogP contribution in [0.3, 0.4) is 0 Å². The van der Waals surface area contributed by atoms with Gasteiger partial charge in [0.15, 0.2) is 11.5 Å². The van der Waals surface area contributed by atoms with E-state index in [1.54, 1.807) is 54.9 Å². The number of hydrogen-bond donors (Lipinski definition) is 1. The van der Waals surface area contributed by atoms with Gasteiger partial charge in [-0.3, -0.25) is 14.6 Å². The second-order valence-electron chi connectivity index (χ2n) is 7.98. The molecular formula is C27H26N2O7. The first-order chi connectivity index (χ1) is 17.4. The number of likely N-dealkylation sites (tertiary alicyclic amines) is 1. The van der Waals surface area contributed by atoms with Gasteiger partial charge in [-0.1, -0.05) is 6.07 Å². The van der Waals surface area contributed by atoms with Crippen molar-refractivity contribution in [3.05, 3.63) is 83.2 Å². The number of ether oxygens (including phenoxy) is 4. The van der Waals surface area contributed by atoms with Crippen LogP contribution in [0.4, 0.5) is 0 Å². The molecule has 1 aliphatic heterocycles. The first-order valence-corrected chi connectivity index (χ1v) is 11.0. The van der Waals surface area contributed by atoms with E-state index in [1.807, 2.05) is 6.07 Å². The van der Waals surface area contributed by atoms with Gasteiger partial charge in [0.25, 0.3) is 11.7 Å². The summed E-state index contributed by atoms with van der Waals surface area (Å²) >= 11 is 0. The van der Waals surface area contributed by atoms with Crippen molar-refractivity contribution >= 4 is 17.4 Å². The Hall–Kier alpha value is -4.53. The minimum atomic E-state index is -0.930. The van der Waals surface area contributed by atoms with Crippen LogP contribution in [0.2, 0.25) is 0 Å². The summed E-state index contributed by atoms with van der Waals surface area (Å²) in [6.07, 6.45) is 3.24. The highest BCUT2D eigenvalue weighted by atomic mass is 16.5. The average molecular weight is 491 g/mol. The fourth-order valence-electron chi connectivity index (χ4n) is 4.24. The Morgan fingerprint density at radius 3 is 2.14 bits per heavy atom. The van der Waals surface area contributed by atoms with Crippen LogP contribution in [0.5, 0.6) is 23.0 Å². The predicted molar refractivity (Wildman–Crippen MR) is 131 cm³/mol. The Labute approximate surface area is 208 Å². The highest BCUT2D eigenvalue weighted by Crippen LogP contribution is 2.46. The molecule has 0 radical (unpaired) electrons. The van der Waals surface area contributed by atoms with Gasteiger partial charge in [0.2, 0.25) is 5.75 Å². The summed E-state index contributed by atoms with van der Waals surface area (Å²) in [4.78, 5) is 32.1. The Morgan fingerprint density at radius 1 is 0.944 bits per heavy atom. The summed E-state index contributed by atoms with van der Waals surface area (Å²) in [6.45, 7) is 0.0964. The molecule has 1 saturated heterocycles. The van der Waals surface area contributed by atoms with Crippen molar-refractivity contribution in [3.8, 4) is 23.0 Å². The molecule has 36 heavy (non-hydrogen) atoms. The molecule has 9 nitrogen and oxygen atoms in total. The fraction of sp³-hybridized carbons (Fsp3) is 0.222. The number of Topliss-reactive ketones (excluding diaryl/α,β-unsaturated/α-hetero) is 1. The Kier molecular flexibility index (Phi) is 7.10. The number of methoxy groups -OCH3 is 4. The Bertz CT molecular complexity index is 1280. The lowest BCUT2D eigenvalue weighted by Crippen LogP contribution is -2.29. The van der Waals surface area contributed by atoms with Gasteiger partial charge in [0, 0.05) is 24.5 Å². The molecule has 1 amide bonds. The van der Waals surface area contributed by atoms with E-state index in [9.17, 15) is 14.7 Å². The van der Waals surface area contributed by atoms with Crippen molar-refractivity contribution < 1.29 is 33.6 Å². The van der Waals surface area contributed by atoms with E-state index in [4.69, 9.17) is 18.9 Å². The van der Waals surface area contributed by atoms with Gasteiger partial charge in [-0.15, -0.1) is 0 Å². The number of pyridine rings is 1. The summed E-state index contributed by atoms with van der Waals surface area (Å²) in [7, 11) is 5.97. The lowest BCUT2D eigenvalue weighted by molar-refractivity contribution is -0.140. The summed E-state index contributed by atoms with van der Waals surface area (Å²) < 4.78 is 21.6. The van der Waals surface area contributed by atoms with Crippen molar-refractivity contribution in [3.63, 3.8) is 0 Å². The van der Waals surface area contributed by atoms with Crippen LogP contribution in [-0.4, -0.2) is 55.1 Å². The van der Waals surface area contributed by atoms with E-state index in [-0.39, 0.29) is 17.9 Å². The monoisotopic (exact) mass is 490 g/mol. The van der Waals surface area contributed by atoms with E-state index in [1.165, 1.54) is 33.3 Å². The number of carbonyl (C=O) groups excluding carboxylic acids is 2. The molecule has 1 aliphatic rings. The number of aliphatic hydroxyl groups excluding tert-OH is 1. The third kappa shape index (κ3) is 4.43. The molecule has 0 bridgehead atoms. The second-order valence-corrected chi connectivity index (χ2v) is 7.98. The zero-order chi connectivity index (χ0) is 25.8. The standard InChI is InChI=1S/C27H26N2O7/c1-33-19-9-7-17(8-10-19)24(30)22-23(18-12-20(34-2)26(36-4)21(13-18)35-3)29(27(32)25(22)31)15-16-6-5-11-28-14-16/h5-14,23,30H,15H2,1-4H3. The first-order valence-electron chi connectivity index (χ1n) is 11.0. The maximum Gasteiger partial charge on any atom is 0.295 e. The lowest BCUT2D eigenvalue weighted by atomic mass is 9.94. The molecule has 186 valence electrons. The van der Waals surface area contributed by atoms with Crippen molar-refractivity contribution in [2.24, 2.45) is 0 Å². The number of aromatic nitrogens is 1. The lowest BCUT2D eigenvalue weighted by Gasteiger charge is -2.26. The molecule has 0 saturated carbocycles. The molecule has 2 aromatic carbocycles. The number of hydrogen-bond acceptors (Lipinski definition) is 8. The van der Waals surface area contributed by atoms with Gasteiger partial charge in [0.1, 0.15) is 11.5 Å². The smallest absolute Gasteiger partial charge is 0.295 e. The SMILES string of the molecule is COc1ccc(C(O)=C2C(=O)C(=O)N(Cc3cccnc3)C2c2cc(OC)c(OC)c(OC)c2)cc1. The maximum atomic E-state index is 13.3. The number of carbonyl (C=O) groups is 2. The summed E-state index contributed by atoms with van der Waals surface area (Å²) in [6, 6.07) is 12.5. The van der Waals surface area contributed by atoms with Gasteiger partial charge >= 0.3 is 0 Å². The van der Waals surface area contributed by atoms with Crippen molar-refractivity contribution in [2.75, 3.05) is 28.4 Å². The van der Waals surface area contributed by atoms with Crippen molar-refractivity contribution in [1.82, 2.24) is 9.88 Å². The predicted octanol–water partition coefficient (Wildman–Crippen LogP) is 3.74. The fourth-order valence-corrected chi connectivity index (χ4v) is 4.24. The van der Waals surface area contributed by atoms with Gasteiger partial charge in [-0.25, -0.2) is 0 Å². The summed E-state index contributed by atoms with van der Waals surface area (Å²) in [5.41, 5.74) is 1.54. The van der Waals surface area contributed by atoms with Crippen LogP contribution in [0, 0.1) is 0 Å². The highest BCUT2D eigenvalue weighted by molar-refractivity contribution is 6.46. The van der Waals surface area contributed by atoms with E-state index < -0.39 is 17.7 Å². The quantitative estimate of drug-likeness (QED) is 0.289. The molecule has 1 unspecified atom stereocenters. The van der Waals surface area contributed by atoms with Crippen LogP contribution in [-0.2, 0) is 16.1 Å². The van der Waals surface area contributed by atoms with Crippen LogP contribution in [0.1, 0.15) is 22.7 Å². The normalized spacial score (nSPS) is 16.7. The molecule has 4 rings (SSSR count). The Morgan fingerprint density at radius 2 is 1.61 bits per heavy atom. The number of rotatable bonds is 8. The van der Waals surface area contributed by atoms with Crippen molar-refractivity contribution in [1.29, 1.82) is 0 Å². The molecule has 2 heterocycles. The molecular weight excluding hydrogens is 464 g/mol. The number of nitrogens with zero attached hydrogens (tertiary/aromatic N) is 2. The average Bonchev–Trinajstić information content (AvgIpc) is 3.17. The molecule has 1 fully saturated rings. The van der Waals surface area contributed by atoms with Gasteiger partial charge in [-0.2, -0.15) is 0 Å². The van der Waals surface area contributed by atoms with Crippen LogP contribution in [0.25, 0.3) is 5.76 Å². The van der Waals surface area contributed by atoms with Gasteiger partial charge in [0.05, 0.1) is 40.1 Å².